The number of anilines is 1. The Bertz CT molecular complexity index is 1030. The number of aromatic nitrogens is 1. The Morgan fingerprint density at radius 2 is 1.72 bits per heavy atom. The number of fused-ring (bicyclic) bond motifs is 1. The molecule has 0 saturated carbocycles. The molecule has 0 bridgehead atoms. The zero-order chi connectivity index (χ0) is 20.4. The van der Waals surface area contributed by atoms with Crippen LogP contribution in [-0.4, -0.2) is 32.2 Å². The lowest BCUT2D eigenvalue weighted by Gasteiger charge is -2.14. The van der Waals surface area contributed by atoms with E-state index in [1.165, 1.54) is 11.3 Å². The number of nitrogens with two attached hydrogens (primary N) is 1. The molecule has 2 aromatic heterocycles. The molecule has 3 N–H and O–H groups in total. The Kier molecular flexibility index (Phi) is 7.16. The van der Waals surface area contributed by atoms with Crippen molar-refractivity contribution in [2.45, 2.75) is 20.4 Å². The van der Waals surface area contributed by atoms with Gasteiger partial charge >= 0.3 is 0 Å². The molecular weight excluding hydrogens is 414 g/mol. The molecule has 0 aliphatic rings. The third-order valence-electron chi connectivity index (χ3n) is 4.41. The van der Waals surface area contributed by atoms with E-state index in [0.717, 1.165) is 27.0 Å². The van der Waals surface area contributed by atoms with Gasteiger partial charge in [-0.2, -0.15) is 0 Å². The number of hydrogen-bond donors (Lipinski definition) is 2. The van der Waals surface area contributed by atoms with Gasteiger partial charge in [0.25, 0.3) is 5.91 Å². The monoisotopic (exact) mass is 437 g/mol. The average Bonchev–Trinajstić information content (AvgIpc) is 3.01. The number of methoxy groups -OCH3 is 3. The Hall–Kier alpha value is -2.71. The Balaban J connectivity index is 0.00000300. The van der Waals surface area contributed by atoms with E-state index in [1.807, 2.05) is 19.9 Å². The van der Waals surface area contributed by atoms with Crippen molar-refractivity contribution in [1.29, 1.82) is 0 Å². The van der Waals surface area contributed by atoms with Gasteiger partial charge in [-0.1, -0.05) is 0 Å². The first-order chi connectivity index (χ1) is 13.4. The molecule has 0 fully saturated rings. The predicted octanol–water partition coefficient (Wildman–Crippen LogP) is 3.87. The van der Waals surface area contributed by atoms with Crippen LogP contribution in [0.3, 0.4) is 0 Å². The van der Waals surface area contributed by atoms with E-state index in [2.05, 4.69) is 10.3 Å². The lowest BCUT2D eigenvalue weighted by atomic mass is 10.1. The standard InChI is InChI=1S/C20H23N3O4S.ClH/c1-10-6-11(2)23-20-15(10)16(21)18(28-20)19(24)22-9-12-7-13(25-3)17(27-5)14(8-12)26-4;/h6-8H,9,21H2,1-5H3,(H,22,24);1H. The maximum Gasteiger partial charge on any atom is 0.263 e. The fraction of sp³-hybridized carbons (Fsp3) is 0.300. The van der Waals surface area contributed by atoms with E-state index in [4.69, 9.17) is 19.9 Å². The first kappa shape index (κ1) is 22.6. The van der Waals surface area contributed by atoms with Gasteiger partial charge in [-0.05, 0) is 43.2 Å². The highest BCUT2D eigenvalue weighted by molar-refractivity contribution is 7.21. The minimum atomic E-state index is -0.244. The van der Waals surface area contributed by atoms with Crippen molar-refractivity contribution >= 4 is 45.6 Å². The van der Waals surface area contributed by atoms with Gasteiger partial charge in [0.1, 0.15) is 9.71 Å². The number of halogens is 1. The fourth-order valence-corrected chi connectivity index (χ4v) is 4.27. The van der Waals surface area contributed by atoms with Crippen molar-refractivity contribution in [2.75, 3.05) is 27.1 Å². The summed E-state index contributed by atoms with van der Waals surface area (Å²) in [6.07, 6.45) is 0. The van der Waals surface area contributed by atoms with Crippen LogP contribution < -0.4 is 25.3 Å². The number of amides is 1. The summed E-state index contributed by atoms with van der Waals surface area (Å²) in [5.41, 5.74) is 9.43. The van der Waals surface area contributed by atoms with Crippen LogP contribution in [0.2, 0.25) is 0 Å². The number of rotatable bonds is 6. The van der Waals surface area contributed by atoms with E-state index in [0.29, 0.717) is 27.8 Å². The van der Waals surface area contributed by atoms with Gasteiger partial charge in [0, 0.05) is 17.6 Å². The van der Waals surface area contributed by atoms with Gasteiger partial charge in [0.2, 0.25) is 5.75 Å². The van der Waals surface area contributed by atoms with Crippen LogP contribution in [0.25, 0.3) is 10.2 Å². The number of nitrogens with one attached hydrogen (secondary N) is 1. The molecule has 0 unspecified atom stereocenters. The van der Waals surface area contributed by atoms with Crippen LogP contribution >= 0.6 is 23.7 Å². The number of carbonyl (C=O) groups excluding carboxylic acids is 1. The second-order valence-electron chi connectivity index (χ2n) is 6.32. The molecule has 0 spiro atoms. The van der Waals surface area contributed by atoms with Crippen molar-refractivity contribution in [2.24, 2.45) is 0 Å². The molecule has 0 saturated heterocycles. The van der Waals surface area contributed by atoms with Gasteiger partial charge < -0.3 is 25.3 Å². The topological polar surface area (TPSA) is 95.7 Å². The van der Waals surface area contributed by atoms with Crippen molar-refractivity contribution in [1.82, 2.24) is 10.3 Å². The Labute approximate surface area is 179 Å². The molecule has 1 aromatic carbocycles. The van der Waals surface area contributed by atoms with Crippen molar-refractivity contribution in [3.8, 4) is 17.2 Å². The lowest BCUT2D eigenvalue weighted by Crippen LogP contribution is -2.22. The molecule has 3 aromatic rings. The summed E-state index contributed by atoms with van der Waals surface area (Å²) in [7, 11) is 4.65. The highest BCUT2D eigenvalue weighted by Gasteiger charge is 2.19. The highest BCUT2D eigenvalue weighted by atomic mass is 35.5. The molecule has 0 aliphatic carbocycles. The van der Waals surface area contributed by atoms with Gasteiger partial charge in [-0.25, -0.2) is 4.98 Å². The minimum Gasteiger partial charge on any atom is -0.493 e. The maximum atomic E-state index is 12.7. The molecule has 1 amide bonds. The number of hydrogen-bond acceptors (Lipinski definition) is 7. The smallest absolute Gasteiger partial charge is 0.263 e. The van der Waals surface area contributed by atoms with Crippen molar-refractivity contribution < 1.29 is 19.0 Å². The number of pyridine rings is 1. The Morgan fingerprint density at radius 1 is 1.10 bits per heavy atom. The van der Waals surface area contributed by atoms with E-state index in [9.17, 15) is 4.79 Å². The molecule has 0 atom stereocenters. The van der Waals surface area contributed by atoms with Crippen LogP contribution in [0, 0.1) is 13.8 Å². The molecule has 9 heteroatoms. The maximum absolute atomic E-state index is 12.7. The summed E-state index contributed by atoms with van der Waals surface area (Å²) >= 11 is 1.30. The van der Waals surface area contributed by atoms with E-state index < -0.39 is 0 Å². The number of benzene rings is 1. The number of nitrogens with zero attached hydrogens (tertiary/aromatic N) is 1. The van der Waals surface area contributed by atoms with Crippen molar-refractivity contribution in [3.05, 3.63) is 39.9 Å². The first-order valence-corrected chi connectivity index (χ1v) is 9.44. The molecule has 29 heavy (non-hydrogen) atoms. The van der Waals surface area contributed by atoms with E-state index in [1.54, 1.807) is 33.5 Å². The van der Waals surface area contributed by atoms with Crippen LogP contribution in [-0.2, 0) is 6.54 Å². The number of aryl methyl sites for hydroxylation is 2. The van der Waals surface area contributed by atoms with Crippen LogP contribution in [0.1, 0.15) is 26.5 Å². The summed E-state index contributed by atoms with van der Waals surface area (Å²) in [5.74, 6) is 1.32. The summed E-state index contributed by atoms with van der Waals surface area (Å²) in [6, 6.07) is 5.55. The Morgan fingerprint density at radius 3 is 2.28 bits per heavy atom. The second kappa shape index (κ2) is 9.19. The number of thiophene rings is 1. The third-order valence-corrected chi connectivity index (χ3v) is 5.51. The number of carbonyl (C=O) groups is 1. The zero-order valence-electron chi connectivity index (χ0n) is 16.9. The summed E-state index contributed by atoms with van der Waals surface area (Å²) in [5, 5.41) is 3.74. The van der Waals surface area contributed by atoms with Crippen LogP contribution in [0.4, 0.5) is 5.69 Å². The third kappa shape index (κ3) is 4.33. The first-order valence-electron chi connectivity index (χ1n) is 8.62. The van der Waals surface area contributed by atoms with E-state index >= 15 is 0 Å². The van der Waals surface area contributed by atoms with Crippen LogP contribution in [0.5, 0.6) is 17.2 Å². The largest absolute Gasteiger partial charge is 0.493 e. The summed E-state index contributed by atoms with van der Waals surface area (Å²) < 4.78 is 16.0. The molecule has 156 valence electrons. The predicted molar refractivity (Wildman–Crippen MR) is 118 cm³/mol. The second-order valence-corrected chi connectivity index (χ2v) is 7.32. The molecule has 3 rings (SSSR count). The normalized spacial score (nSPS) is 10.4. The zero-order valence-corrected chi connectivity index (χ0v) is 18.5. The molecule has 2 heterocycles. The van der Waals surface area contributed by atoms with Gasteiger partial charge in [-0.3, -0.25) is 4.79 Å². The molecule has 7 nitrogen and oxygen atoms in total. The number of ether oxygens (including phenoxy) is 3. The molecule has 0 radical (unpaired) electrons. The van der Waals surface area contributed by atoms with Gasteiger partial charge in [0.15, 0.2) is 11.5 Å². The number of nitrogen functional groups attached to an aromatic ring is 1. The average molecular weight is 438 g/mol. The summed E-state index contributed by atoms with van der Waals surface area (Å²) in [6.45, 7) is 4.18. The van der Waals surface area contributed by atoms with Gasteiger partial charge in [-0.15, -0.1) is 23.7 Å². The van der Waals surface area contributed by atoms with Crippen LogP contribution in [0.15, 0.2) is 18.2 Å². The molecular formula is C20H24ClN3O4S. The van der Waals surface area contributed by atoms with E-state index in [-0.39, 0.29) is 24.9 Å². The quantitative estimate of drug-likeness (QED) is 0.607. The lowest BCUT2D eigenvalue weighted by molar-refractivity contribution is 0.0955. The fourth-order valence-electron chi connectivity index (χ4n) is 3.14. The SMILES string of the molecule is COc1cc(CNC(=O)c2sc3nc(C)cc(C)c3c2N)cc(OC)c1OC.Cl. The summed E-state index contributed by atoms with van der Waals surface area (Å²) in [4.78, 5) is 18.5. The van der Waals surface area contributed by atoms with Gasteiger partial charge in [0.05, 0.1) is 27.0 Å². The molecule has 0 aliphatic heterocycles. The minimum absolute atomic E-state index is 0. The highest BCUT2D eigenvalue weighted by Crippen LogP contribution is 2.38. The van der Waals surface area contributed by atoms with Crippen molar-refractivity contribution in [3.63, 3.8) is 0 Å².